The number of rotatable bonds is 2. The molecule has 2 unspecified atom stereocenters. The van der Waals surface area contributed by atoms with E-state index >= 15 is 0 Å². The van der Waals surface area contributed by atoms with Crippen LogP contribution in [-0.2, 0) is 0 Å². The van der Waals surface area contributed by atoms with Gasteiger partial charge < -0.3 is 10.1 Å². The van der Waals surface area contributed by atoms with Gasteiger partial charge in [0.15, 0.2) is 0 Å². The number of thiophene rings is 1. The van der Waals surface area contributed by atoms with E-state index in [9.17, 15) is 0 Å². The quantitative estimate of drug-likeness (QED) is 0.758. The maximum Gasteiger partial charge on any atom is 0.135 e. The average molecular weight is 403 g/mol. The number of hydrogen-bond donors (Lipinski definition) is 1. The summed E-state index contributed by atoms with van der Waals surface area (Å²) < 4.78 is 8.36. The summed E-state index contributed by atoms with van der Waals surface area (Å²) in [4.78, 5) is 1.26. The zero-order chi connectivity index (χ0) is 13.4. The van der Waals surface area contributed by atoms with Gasteiger partial charge in [-0.3, -0.25) is 0 Å². The van der Waals surface area contributed by atoms with Gasteiger partial charge >= 0.3 is 0 Å². The summed E-state index contributed by atoms with van der Waals surface area (Å²) in [7, 11) is 2.00. The first-order chi connectivity index (χ1) is 9.17. The molecule has 19 heavy (non-hydrogen) atoms. The molecule has 2 atom stereocenters. The summed E-state index contributed by atoms with van der Waals surface area (Å²) in [6, 6.07) is 10.8. The first-order valence-electron chi connectivity index (χ1n) is 6.06. The van der Waals surface area contributed by atoms with Gasteiger partial charge in [0, 0.05) is 27.4 Å². The number of fused-ring (bicyclic) bond motifs is 1. The number of benzene rings is 1. The molecule has 1 aromatic heterocycles. The Morgan fingerprint density at radius 1 is 1.26 bits per heavy atom. The molecule has 0 saturated carbocycles. The van der Waals surface area contributed by atoms with Gasteiger partial charge in [-0.05, 0) is 47.2 Å². The second-order valence-corrected chi connectivity index (χ2v) is 7.92. The Labute approximate surface area is 133 Å². The standard InChI is InChI=1S/C14H13Br2NOS/c1-17-10-7-12(13-4-5-14(16)19-13)18-11-6-8(15)2-3-9(10)11/h2-6,10,12,17H,7H2,1H3. The molecular weight excluding hydrogens is 390 g/mol. The van der Waals surface area contributed by atoms with E-state index in [1.54, 1.807) is 11.3 Å². The van der Waals surface area contributed by atoms with Crippen LogP contribution < -0.4 is 10.1 Å². The Hall–Kier alpha value is -0.360. The minimum absolute atomic E-state index is 0.121. The topological polar surface area (TPSA) is 21.3 Å². The molecule has 3 rings (SSSR count). The SMILES string of the molecule is CNC1CC(c2ccc(Br)s2)Oc2cc(Br)ccc21. The molecule has 1 N–H and O–H groups in total. The number of halogens is 2. The van der Waals surface area contributed by atoms with Gasteiger partial charge in [0.05, 0.1) is 3.79 Å². The van der Waals surface area contributed by atoms with Crippen molar-refractivity contribution in [2.75, 3.05) is 7.05 Å². The Morgan fingerprint density at radius 3 is 2.79 bits per heavy atom. The lowest BCUT2D eigenvalue weighted by Gasteiger charge is -2.31. The van der Waals surface area contributed by atoms with E-state index in [4.69, 9.17) is 4.74 Å². The first-order valence-corrected chi connectivity index (χ1v) is 8.46. The average Bonchev–Trinajstić information content (AvgIpc) is 2.83. The lowest BCUT2D eigenvalue weighted by Crippen LogP contribution is -2.26. The number of nitrogens with one attached hydrogen (secondary N) is 1. The molecule has 0 aliphatic carbocycles. The molecule has 0 spiro atoms. The van der Waals surface area contributed by atoms with E-state index in [1.807, 2.05) is 7.05 Å². The Balaban J connectivity index is 1.96. The molecule has 2 nitrogen and oxygen atoms in total. The lowest BCUT2D eigenvalue weighted by molar-refractivity contribution is 0.157. The van der Waals surface area contributed by atoms with Crippen LogP contribution in [0.15, 0.2) is 38.6 Å². The Bertz CT molecular complexity index is 599. The van der Waals surface area contributed by atoms with Crippen LogP contribution in [0.1, 0.15) is 29.0 Å². The number of ether oxygens (including phenoxy) is 1. The molecule has 0 radical (unpaired) electrons. The van der Waals surface area contributed by atoms with Gasteiger partial charge in [-0.2, -0.15) is 0 Å². The van der Waals surface area contributed by atoms with Crippen molar-refractivity contribution in [1.82, 2.24) is 5.32 Å². The Morgan fingerprint density at radius 2 is 2.11 bits per heavy atom. The fourth-order valence-corrected chi connectivity index (χ4v) is 4.20. The summed E-state index contributed by atoms with van der Waals surface area (Å²) in [6.07, 6.45) is 1.08. The molecule has 0 fully saturated rings. The molecule has 1 aliphatic heterocycles. The summed E-state index contributed by atoms with van der Waals surface area (Å²) in [5, 5.41) is 3.38. The van der Waals surface area contributed by atoms with Crippen molar-refractivity contribution in [3.63, 3.8) is 0 Å². The molecule has 1 aliphatic rings. The fourth-order valence-electron chi connectivity index (χ4n) is 2.39. The molecule has 1 aromatic carbocycles. The van der Waals surface area contributed by atoms with Crippen LogP contribution in [0.2, 0.25) is 0 Å². The summed E-state index contributed by atoms with van der Waals surface area (Å²) >= 11 is 8.76. The number of hydrogen-bond acceptors (Lipinski definition) is 3. The lowest BCUT2D eigenvalue weighted by atomic mass is 9.96. The van der Waals surface area contributed by atoms with Crippen molar-refractivity contribution in [1.29, 1.82) is 0 Å². The van der Waals surface area contributed by atoms with E-state index in [1.165, 1.54) is 10.4 Å². The van der Waals surface area contributed by atoms with E-state index < -0.39 is 0 Å². The maximum absolute atomic E-state index is 6.16. The highest BCUT2D eigenvalue weighted by Crippen LogP contribution is 2.43. The summed E-state index contributed by atoms with van der Waals surface area (Å²) in [5.41, 5.74) is 1.23. The van der Waals surface area contributed by atoms with E-state index in [0.717, 1.165) is 20.4 Å². The third kappa shape index (κ3) is 2.75. The molecule has 0 amide bonds. The maximum atomic E-state index is 6.16. The van der Waals surface area contributed by atoms with E-state index in [0.29, 0.717) is 6.04 Å². The first kappa shape index (κ1) is 13.6. The summed E-state index contributed by atoms with van der Waals surface area (Å²) in [6.45, 7) is 0. The van der Waals surface area contributed by atoms with Crippen molar-refractivity contribution >= 4 is 43.2 Å². The van der Waals surface area contributed by atoms with Crippen LogP contribution in [0, 0.1) is 0 Å². The van der Waals surface area contributed by atoms with Crippen molar-refractivity contribution in [2.45, 2.75) is 18.6 Å². The molecule has 0 bridgehead atoms. The van der Waals surface area contributed by atoms with E-state index in [-0.39, 0.29) is 6.10 Å². The van der Waals surface area contributed by atoms with Gasteiger partial charge in [0.25, 0.3) is 0 Å². The predicted octanol–water partition coefficient (Wildman–Crippen LogP) is 5.06. The zero-order valence-electron chi connectivity index (χ0n) is 10.3. The van der Waals surface area contributed by atoms with Crippen LogP contribution in [-0.4, -0.2) is 7.05 Å². The van der Waals surface area contributed by atoms with Crippen LogP contribution >= 0.6 is 43.2 Å². The third-order valence-electron chi connectivity index (χ3n) is 3.33. The van der Waals surface area contributed by atoms with Crippen LogP contribution in [0.4, 0.5) is 0 Å². The highest BCUT2D eigenvalue weighted by atomic mass is 79.9. The fraction of sp³-hybridized carbons (Fsp3) is 0.286. The van der Waals surface area contributed by atoms with Gasteiger partial charge in [-0.25, -0.2) is 0 Å². The third-order valence-corrected chi connectivity index (χ3v) is 5.54. The van der Waals surface area contributed by atoms with Crippen molar-refractivity contribution in [2.24, 2.45) is 0 Å². The molecule has 2 aromatic rings. The largest absolute Gasteiger partial charge is 0.484 e. The van der Waals surface area contributed by atoms with Crippen molar-refractivity contribution in [3.8, 4) is 5.75 Å². The van der Waals surface area contributed by atoms with Gasteiger partial charge in [0.2, 0.25) is 0 Å². The predicted molar refractivity (Wildman–Crippen MR) is 85.9 cm³/mol. The van der Waals surface area contributed by atoms with Crippen molar-refractivity contribution < 1.29 is 4.74 Å². The minimum atomic E-state index is 0.121. The molecule has 5 heteroatoms. The second-order valence-electron chi connectivity index (χ2n) is 4.51. The molecule has 0 saturated heterocycles. The summed E-state index contributed by atoms with van der Waals surface area (Å²) in [5.74, 6) is 0.967. The minimum Gasteiger partial charge on any atom is -0.484 e. The smallest absolute Gasteiger partial charge is 0.135 e. The van der Waals surface area contributed by atoms with Crippen LogP contribution in [0.25, 0.3) is 0 Å². The highest BCUT2D eigenvalue weighted by Gasteiger charge is 2.29. The van der Waals surface area contributed by atoms with Gasteiger partial charge in [-0.15, -0.1) is 11.3 Å². The zero-order valence-corrected chi connectivity index (χ0v) is 14.3. The monoisotopic (exact) mass is 401 g/mol. The van der Waals surface area contributed by atoms with Gasteiger partial charge in [-0.1, -0.05) is 22.0 Å². The van der Waals surface area contributed by atoms with Crippen LogP contribution in [0.3, 0.4) is 0 Å². The molecule has 2 heterocycles. The molecule has 100 valence electrons. The normalized spacial score (nSPS) is 21.8. The van der Waals surface area contributed by atoms with Crippen LogP contribution in [0.5, 0.6) is 5.75 Å². The highest BCUT2D eigenvalue weighted by molar-refractivity contribution is 9.11. The Kier molecular flexibility index (Phi) is 3.98. The second kappa shape index (κ2) is 5.56. The van der Waals surface area contributed by atoms with E-state index in [2.05, 4.69) is 67.5 Å². The van der Waals surface area contributed by atoms with Crippen molar-refractivity contribution in [3.05, 3.63) is 49.0 Å². The molecular formula is C14H13Br2NOS. The van der Waals surface area contributed by atoms with Gasteiger partial charge in [0.1, 0.15) is 11.9 Å².